The van der Waals surface area contributed by atoms with Gasteiger partial charge in [-0.25, -0.2) is 4.79 Å². The highest BCUT2D eigenvalue weighted by Crippen LogP contribution is 2.20. The van der Waals surface area contributed by atoms with E-state index in [4.69, 9.17) is 13.7 Å². The molecule has 0 spiro atoms. The normalized spacial score (nSPS) is 12.1. The topological polar surface area (TPSA) is 94.6 Å². The number of esters is 1. The molecule has 1 aromatic carbocycles. The first-order chi connectivity index (χ1) is 11.6. The summed E-state index contributed by atoms with van der Waals surface area (Å²) in [6, 6.07) is 10.4. The number of hydrogen-bond donors (Lipinski definition) is 1. The Bertz CT molecular complexity index is 847. The number of rotatable bonds is 5. The van der Waals surface area contributed by atoms with Gasteiger partial charge in [-0.3, -0.25) is 4.79 Å². The molecule has 0 radical (unpaired) electrons. The largest absolute Gasteiger partial charge is 0.449 e. The van der Waals surface area contributed by atoms with E-state index >= 15 is 0 Å². The molecule has 0 aliphatic rings. The van der Waals surface area contributed by atoms with E-state index in [2.05, 4.69) is 10.5 Å². The van der Waals surface area contributed by atoms with Crippen molar-refractivity contribution < 1.29 is 23.3 Å². The quantitative estimate of drug-likeness (QED) is 0.722. The molecule has 3 aromatic rings. The third-order valence-corrected chi connectivity index (χ3v) is 3.42. The van der Waals surface area contributed by atoms with E-state index in [-0.39, 0.29) is 11.6 Å². The number of nitrogens with zero attached hydrogens (tertiary/aromatic N) is 1. The third kappa shape index (κ3) is 3.29. The first kappa shape index (κ1) is 15.8. The molecule has 0 fully saturated rings. The van der Waals surface area contributed by atoms with Crippen LogP contribution >= 0.6 is 0 Å². The van der Waals surface area contributed by atoms with Gasteiger partial charge < -0.3 is 19.0 Å². The average molecular weight is 328 g/mol. The molecule has 1 N–H and O–H groups in total. The lowest BCUT2D eigenvalue weighted by molar-refractivity contribution is -0.124. The van der Waals surface area contributed by atoms with Crippen molar-refractivity contribution in [2.75, 3.05) is 5.32 Å². The first-order valence-electron chi connectivity index (χ1n) is 7.50. The molecule has 0 saturated heterocycles. The van der Waals surface area contributed by atoms with Crippen LogP contribution in [-0.2, 0) is 9.53 Å². The molecule has 3 rings (SSSR count). The van der Waals surface area contributed by atoms with Gasteiger partial charge in [0, 0.05) is 11.5 Å². The van der Waals surface area contributed by atoms with Crippen LogP contribution in [-0.4, -0.2) is 23.1 Å². The summed E-state index contributed by atoms with van der Waals surface area (Å²) < 4.78 is 15.6. The van der Waals surface area contributed by atoms with Gasteiger partial charge in [-0.1, -0.05) is 30.3 Å². The molecule has 7 nitrogen and oxygen atoms in total. The maximum atomic E-state index is 12.2. The van der Waals surface area contributed by atoms with E-state index in [1.165, 1.54) is 0 Å². The van der Waals surface area contributed by atoms with Crippen molar-refractivity contribution in [3.05, 3.63) is 47.9 Å². The Hall–Kier alpha value is -3.09. The molecule has 0 bridgehead atoms. The summed E-state index contributed by atoms with van der Waals surface area (Å²) in [5.74, 6) is -0.270. The second kappa shape index (κ2) is 6.57. The second-order valence-electron chi connectivity index (χ2n) is 5.26. The zero-order valence-electron chi connectivity index (χ0n) is 13.2. The maximum absolute atomic E-state index is 12.2. The number of ether oxygens (including phenoxy) is 1. The van der Waals surface area contributed by atoms with Crippen molar-refractivity contribution in [2.45, 2.75) is 26.4 Å². The van der Waals surface area contributed by atoms with Gasteiger partial charge in [0.05, 0.1) is 0 Å². The van der Waals surface area contributed by atoms with Crippen molar-refractivity contribution in [3.63, 3.8) is 0 Å². The Morgan fingerprint density at radius 3 is 2.75 bits per heavy atom. The van der Waals surface area contributed by atoms with Gasteiger partial charge in [0.15, 0.2) is 11.9 Å². The summed E-state index contributed by atoms with van der Waals surface area (Å²) in [7, 11) is 0. The van der Waals surface area contributed by atoms with Crippen LogP contribution in [0.3, 0.4) is 0 Å². The van der Waals surface area contributed by atoms with E-state index in [1.807, 2.05) is 18.2 Å². The van der Waals surface area contributed by atoms with Crippen molar-refractivity contribution >= 4 is 28.7 Å². The van der Waals surface area contributed by atoms with Gasteiger partial charge in [-0.15, -0.1) is 0 Å². The van der Waals surface area contributed by atoms with Crippen LogP contribution < -0.4 is 5.32 Å². The van der Waals surface area contributed by atoms with Crippen LogP contribution in [0.1, 0.15) is 29.7 Å². The van der Waals surface area contributed by atoms with Crippen molar-refractivity contribution in [1.29, 1.82) is 0 Å². The minimum absolute atomic E-state index is 0.0553. The van der Waals surface area contributed by atoms with Crippen LogP contribution in [0.5, 0.6) is 0 Å². The number of carbonyl (C=O) groups excluding carboxylic acids is 2. The highest BCUT2D eigenvalue weighted by atomic mass is 16.6. The molecule has 2 heterocycles. The molecule has 24 heavy (non-hydrogen) atoms. The standard InChI is InChI=1S/C17H16N2O5/c1-3-12(16(20)18-15-8-10(2)24-19-15)23-17(21)14-9-11-6-4-5-7-13(11)22-14/h4-9,12H,3H2,1-2H3,(H,18,19,20)/t12-/m1/s1. The first-order valence-corrected chi connectivity index (χ1v) is 7.50. The van der Waals surface area contributed by atoms with E-state index in [9.17, 15) is 9.59 Å². The molecule has 1 amide bonds. The Balaban J connectivity index is 1.69. The number of fused-ring (bicyclic) bond motifs is 1. The highest BCUT2D eigenvalue weighted by molar-refractivity contribution is 5.97. The van der Waals surface area contributed by atoms with Gasteiger partial charge in [0.2, 0.25) is 5.76 Å². The maximum Gasteiger partial charge on any atom is 0.375 e. The number of nitrogens with one attached hydrogen (secondary N) is 1. The average Bonchev–Trinajstić information content (AvgIpc) is 3.18. The minimum Gasteiger partial charge on any atom is -0.449 e. The number of hydrogen-bond acceptors (Lipinski definition) is 6. The molecule has 124 valence electrons. The zero-order chi connectivity index (χ0) is 17.1. The summed E-state index contributed by atoms with van der Waals surface area (Å²) in [5, 5.41) is 7.01. The van der Waals surface area contributed by atoms with Crippen LogP contribution in [0, 0.1) is 6.92 Å². The second-order valence-corrected chi connectivity index (χ2v) is 5.26. The van der Waals surface area contributed by atoms with Crippen LogP contribution in [0.2, 0.25) is 0 Å². The minimum atomic E-state index is -0.956. The molecule has 1 atom stereocenters. The van der Waals surface area contributed by atoms with Gasteiger partial charge >= 0.3 is 5.97 Å². The molecule has 7 heteroatoms. The molecule has 0 unspecified atom stereocenters. The third-order valence-electron chi connectivity index (χ3n) is 3.42. The number of furan rings is 1. The van der Waals surface area contributed by atoms with Crippen molar-refractivity contribution in [3.8, 4) is 0 Å². The molecule has 0 saturated carbocycles. The SMILES string of the molecule is CC[C@@H](OC(=O)c1cc2ccccc2o1)C(=O)Nc1cc(C)on1. The Morgan fingerprint density at radius 2 is 2.08 bits per heavy atom. The summed E-state index contributed by atoms with van der Waals surface area (Å²) in [6.45, 7) is 3.45. The van der Waals surface area contributed by atoms with E-state index in [0.717, 1.165) is 5.39 Å². The number of amides is 1. The number of para-hydroxylation sites is 1. The lowest BCUT2D eigenvalue weighted by atomic mass is 10.2. The van der Waals surface area contributed by atoms with Gasteiger partial charge in [0.1, 0.15) is 11.3 Å². The molecule has 0 aliphatic heterocycles. The predicted octanol–water partition coefficient (Wildman–Crippen LogP) is 3.30. The van der Waals surface area contributed by atoms with Crippen molar-refractivity contribution in [2.24, 2.45) is 0 Å². The van der Waals surface area contributed by atoms with E-state index < -0.39 is 18.0 Å². The summed E-state index contributed by atoms with van der Waals surface area (Å²) >= 11 is 0. The van der Waals surface area contributed by atoms with Gasteiger partial charge in [0.25, 0.3) is 5.91 Å². The number of aryl methyl sites for hydroxylation is 1. The molecular weight excluding hydrogens is 312 g/mol. The van der Waals surface area contributed by atoms with Crippen LogP contribution in [0.4, 0.5) is 5.82 Å². The molecular formula is C17H16N2O5. The van der Waals surface area contributed by atoms with Crippen LogP contribution in [0.25, 0.3) is 11.0 Å². The molecule has 2 aromatic heterocycles. The highest BCUT2D eigenvalue weighted by Gasteiger charge is 2.24. The summed E-state index contributed by atoms with van der Waals surface area (Å²) in [4.78, 5) is 24.4. The van der Waals surface area contributed by atoms with E-state index in [0.29, 0.717) is 17.8 Å². The summed E-state index contributed by atoms with van der Waals surface area (Å²) in [5.41, 5.74) is 0.583. The smallest absolute Gasteiger partial charge is 0.375 e. The molecule has 0 aliphatic carbocycles. The fourth-order valence-corrected chi connectivity index (χ4v) is 2.22. The van der Waals surface area contributed by atoms with Crippen molar-refractivity contribution in [1.82, 2.24) is 5.16 Å². The number of anilines is 1. The Morgan fingerprint density at radius 1 is 1.29 bits per heavy atom. The monoisotopic (exact) mass is 328 g/mol. The van der Waals surface area contributed by atoms with Gasteiger partial charge in [-0.2, -0.15) is 0 Å². The number of benzene rings is 1. The lowest BCUT2D eigenvalue weighted by Crippen LogP contribution is -2.32. The zero-order valence-corrected chi connectivity index (χ0v) is 13.2. The Labute approximate surface area is 137 Å². The van der Waals surface area contributed by atoms with Gasteiger partial charge in [-0.05, 0) is 25.5 Å². The fraction of sp³-hybridized carbons (Fsp3) is 0.235. The number of carbonyl (C=O) groups is 2. The number of aromatic nitrogens is 1. The predicted molar refractivity (Wildman–Crippen MR) is 85.6 cm³/mol. The fourth-order valence-electron chi connectivity index (χ4n) is 2.22. The Kier molecular flexibility index (Phi) is 4.33. The van der Waals surface area contributed by atoms with Crippen LogP contribution in [0.15, 0.2) is 45.3 Å². The van der Waals surface area contributed by atoms with E-state index in [1.54, 1.807) is 32.0 Å². The summed E-state index contributed by atoms with van der Waals surface area (Å²) in [6.07, 6.45) is -0.642. The lowest BCUT2D eigenvalue weighted by Gasteiger charge is -2.13.